The zero-order chi connectivity index (χ0) is 17.1. The van der Waals surface area contributed by atoms with Crippen LogP contribution in [0.1, 0.15) is 25.7 Å². The van der Waals surface area contributed by atoms with Crippen LogP contribution in [0.15, 0.2) is 40.6 Å². The standard InChI is InChI=1S/C17H21FN4OS/c1-22-8-7-20-17(22)24-15-6-5-12(18)10-14(15)21-16(23)9-11-3-2-4-13(11)19/h5-8,10-11,13H,2-4,9,19H2,1H3,(H,21,23)/t11-,13+/m0/s1. The smallest absolute Gasteiger partial charge is 0.224 e. The fourth-order valence-corrected chi connectivity index (χ4v) is 3.87. The van der Waals surface area contributed by atoms with E-state index in [1.165, 1.54) is 23.9 Å². The molecule has 1 aliphatic rings. The van der Waals surface area contributed by atoms with Crippen molar-refractivity contribution in [2.45, 2.75) is 41.8 Å². The number of aromatic nitrogens is 2. The number of hydrogen-bond donors (Lipinski definition) is 2. The van der Waals surface area contributed by atoms with Crippen LogP contribution in [-0.2, 0) is 11.8 Å². The average Bonchev–Trinajstić information content (AvgIpc) is 3.11. The lowest BCUT2D eigenvalue weighted by molar-refractivity contribution is -0.117. The van der Waals surface area contributed by atoms with E-state index in [2.05, 4.69) is 10.3 Å². The van der Waals surface area contributed by atoms with Gasteiger partial charge in [0.05, 0.1) is 5.69 Å². The molecular formula is C17H21FN4OS. The highest BCUT2D eigenvalue weighted by atomic mass is 32.2. The fraction of sp³-hybridized carbons (Fsp3) is 0.412. The highest BCUT2D eigenvalue weighted by molar-refractivity contribution is 7.99. The first kappa shape index (κ1) is 17.0. The first-order valence-corrected chi connectivity index (χ1v) is 8.85. The van der Waals surface area contributed by atoms with Crippen molar-refractivity contribution < 1.29 is 9.18 Å². The zero-order valence-electron chi connectivity index (χ0n) is 13.5. The molecule has 3 rings (SSSR count). The van der Waals surface area contributed by atoms with Gasteiger partial charge in [-0.25, -0.2) is 9.37 Å². The molecule has 0 bridgehead atoms. The molecule has 1 fully saturated rings. The summed E-state index contributed by atoms with van der Waals surface area (Å²) in [4.78, 5) is 17.3. The Kier molecular flexibility index (Phi) is 5.20. The largest absolute Gasteiger partial charge is 0.329 e. The summed E-state index contributed by atoms with van der Waals surface area (Å²) in [5.74, 6) is -0.291. The Bertz CT molecular complexity index is 733. The molecule has 1 saturated carbocycles. The molecule has 1 aliphatic carbocycles. The first-order valence-electron chi connectivity index (χ1n) is 8.03. The van der Waals surface area contributed by atoms with Gasteiger partial charge in [0.1, 0.15) is 5.82 Å². The van der Waals surface area contributed by atoms with Gasteiger partial charge in [0.2, 0.25) is 5.91 Å². The van der Waals surface area contributed by atoms with Crippen LogP contribution >= 0.6 is 11.8 Å². The van der Waals surface area contributed by atoms with E-state index in [0.29, 0.717) is 12.1 Å². The Morgan fingerprint density at radius 3 is 3.00 bits per heavy atom. The summed E-state index contributed by atoms with van der Waals surface area (Å²) in [5.41, 5.74) is 6.50. The van der Waals surface area contributed by atoms with E-state index < -0.39 is 0 Å². The van der Waals surface area contributed by atoms with E-state index in [1.54, 1.807) is 12.3 Å². The molecule has 0 saturated heterocycles. The van der Waals surface area contributed by atoms with Crippen LogP contribution in [0.25, 0.3) is 0 Å². The maximum atomic E-state index is 13.6. The Morgan fingerprint density at radius 2 is 2.33 bits per heavy atom. The molecule has 5 nitrogen and oxygen atoms in total. The third-order valence-corrected chi connectivity index (χ3v) is 5.51. The summed E-state index contributed by atoms with van der Waals surface area (Å²) in [6, 6.07) is 4.47. The highest BCUT2D eigenvalue weighted by Gasteiger charge is 2.26. The van der Waals surface area contributed by atoms with E-state index in [0.717, 1.165) is 29.3 Å². The normalized spacial score (nSPS) is 20.3. The topological polar surface area (TPSA) is 72.9 Å². The number of nitrogens with two attached hydrogens (primary N) is 1. The summed E-state index contributed by atoms with van der Waals surface area (Å²) in [6.45, 7) is 0. The molecule has 1 aromatic carbocycles. The Labute approximate surface area is 144 Å². The van der Waals surface area contributed by atoms with Crippen LogP contribution in [0.3, 0.4) is 0 Å². The van der Waals surface area contributed by atoms with Crippen molar-refractivity contribution in [3.8, 4) is 0 Å². The number of rotatable bonds is 5. The predicted molar refractivity (Wildman–Crippen MR) is 92.3 cm³/mol. The molecule has 128 valence electrons. The van der Waals surface area contributed by atoms with Crippen molar-refractivity contribution >= 4 is 23.4 Å². The summed E-state index contributed by atoms with van der Waals surface area (Å²) < 4.78 is 15.5. The minimum Gasteiger partial charge on any atom is -0.329 e. The first-order chi connectivity index (χ1) is 11.5. The molecule has 3 N–H and O–H groups in total. The number of anilines is 1. The second-order valence-electron chi connectivity index (χ2n) is 6.17. The molecule has 0 unspecified atom stereocenters. The maximum absolute atomic E-state index is 13.6. The van der Waals surface area contributed by atoms with Crippen LogP contribution in [0.4, 0.5) is 10.1 Å². The van der Waals surface area contributed by atoms with Gasteiger partial charge in [-0.2, -0.15) is 0 Å². The third-order valence-electron chi connectivity index (χ3n) is 4.36. The SMILES string of the molecule is Cn1ccnc1Sc1ccc(F)cc1NC(=O)C[C@@H]1CCC[C@H]1N. The van der Waals surface area contributed by atoms with Crippen LogP contribution < -0.4 is 11.1 Å². The molecule has 0 spiro atoms. The lowest BCUT2D eigenvalue weighted by Gasteiger charge is -2.16. The molecule has 7 heteroatoms. The number of aryl methyl sites for hydroxylation is 1. The molecule has 1 aromatic heterocycles. The van der Waals surface area contributed by atoms with Gasteiger partial charge < -0.3 is 15.6 Å². The van der Waals surface area contributed by atoms with Crippen molar-refractivity contribution in [1.29, 1.82) is 0 Å². The number of carbonyl (C=O) groups is 1. The van der Waals surface area contributed by atoms with E-state index in [1.807, 2.05) is 17.8 Å². The van der Waals surface area contributed by atoms with E-state index in [9.17, 15) is 9.18 Å². The molecule has 24 heavy (non-hydrogen) atoms. The second-order valence-corrected chi connectivity index (χ2v) is 7.18. The maximum Gasteiger partial charge on any atom is 0.224 e. The van der Waals surface area contributed by atoms with Gasteiger partial charge in [-0.15, -0.1) is 0 Å². The fourth-order valence-electron chi connectivity index (χ4n) is 3.00. The van der Waals surface area contributed by atoms with Gasteiger partial charge in [-0.05, 0) is 48.7 Å². The number of hydrogen-bond acceptors (Lipinski definition) is 4. The Morgan fingerprint density at radius 1 is 1.50 bits per heavy atom. The average molecular weight is 348 g/mol. The number of nitrogens with zero attached hydrogens (tertiary/aromatic N) is 2. The van der Waals surface area contributed by atoms with Gasteiger partial charge >= 0.3 is 0 Å². The van der Waals surface area contributed by atoms with Crippen molar-refractivity contribution in [1.82, 2.24) is 9.55 Å². The molecule has 1 amide bonds. The van der Waals surface area contributed by atoms with Gasteiger partial charge in [-0.3, -0.25) is 4.79 Å². The van der Waals surface area contributed by atoms with E-state index >= 15 is 0 Å². The van der Waals surface area contributed by atoms with E-state index in [-0.39, 0.29) is 23.7 Å². The molecule has 0 aliphatic heterocycles. The highest BCUT2D eigenvalue weighted by Crippen LogP contribution is 2.33. The molecule has 2 atom stereocenters. The van der Waals surface area contributed by atoms with Gasteiger partial charge in [-0.1, -0.05) is 6.42 Å². The van der Waals surface area contributed by atoms with Gasteiger partial charge in [0, 0.05) is 36.8 Å². The van der Waals surface area contributed by atoms with Crippen LogP contribution in [0.2, 0.25) is 0 Å². The number of imidazole rings is 1. The monoisotopic (exact) mass is 348 g/mol. The second kappa shape index (κ2) is 7.36. The lowest BCUT2D eigenvalue weighted by atomic mass is 10.00. The summed E-state index contributed by atoms with van der Waals surface area (Å²) in [7, 11) is 1.89. The van der Waals surface area contributed by atoms with E-state index in [4.69, 9.17) is 5.73 Å². The number of carbonyl (C=O) groups excluding carboxylic acids is 1. The van der Waals surface area contributed by atoms with Crippen molar-refractivity contribution in [2.75, 3.05) is 5.32 Å². The molecule has 0 radical (unpaired) electrons. The minimum absolute atomic E-state index is 0.0877. The molecule has 1 heterocycles. The van der Waals surface area contributed by atoms with Gasteiger partial charge in [0.25, 0.3) is 0 Å². The Balaban J connectivity index is 1.73. The van der Waals surface area contributed by atoms with Crippen molar-refractivity contribution in [2.24, 2.45) is 18.7 Å². The van der Waals surface area contributed by atoms with Crippen LogP contribution in [-0.4, -0.2) is 21.5 Å². The lowest BCUT2D eigenvalue weighted by Crippen LogP contribution is -2.28. The number of nitrogens with one attached hydrogen (secondary N) is 1. The minimum atomic E-state index is -0.382. The number of halogens is 1. The third kappa shape index (κ3) is 3.96. The van der Waals surface area contributed by atoms with Gasteiger partial charge in [0.15, 0.2) is 5.16 Å². The molecule has 2 aromatic rings. The quantitative estimate of drug-likeness (QED) is 0.870. The zero-order valence-corrected chi connectivity index (χ0v) is 14.4. The summed E-state index contributed by atoms with van der Waals surface area (Å²) in [5, 5.41) is 3.61. The van der Waals surface area contributed by atoms with Crippen LogP contribution in [0, 0.1) is 11.7 Å². The number of amides is 1. The van der Waals surface area contributed by atoms with Crippen LogP contribution in [0.5, 0.6) is 0 Å². The van der Waals surface area contributed by atoms with Crippen molar-refractivity contribution in [3.63, 3.8) is 0 Å². The predicted octanol–water partition coefficient (Wildman–Crippen LogP) is 3.17. The number of benzene rings is 1. The summed E-state index contributed by atoms with van der Waals surface area (Å²) >= 11 is 1.39. The molecular weight excluding hydrogens is 327 g/mol. The Hall–Kier alpha value is -1.86. The van der Waals surface area contributed by atoms with Crippen molar-refractivity contribution in [3.05, 3.63) is 36.4 Å². The summed E-state index contributed by atoms with van der Waals surface area (Å²) in [6.07, 6.45) is 6.94.